The number of ether oxygens (including phenoxy) is 2. The maximum absolute atomic E-state index is 13.9. The van der Waals surface area contributed by atoms with Gasteiger partial charge in [0.05, 0.1) is 5.69 Å². The molecule has 0 bridgehead atoms. The first-order valence-electron chi connectivity index (χ1n) is 9.43. The maximum atomic E-state index is 13.9. The van der Waals surface area contributed by atoms with Gasteiger partial charge in [0.1, 0.15) is 22.8 Å². The molecule has 6 nitrogen and oxygen atoms in total. The topological polar surface area (TPSA) is 64.8 Å². The van der Waals surface area contributed by atoms with E-state index in [-0.39, 0.29) is 17.7 Å². The standard InChI is InChI=1S/C23H18ClFN2O4/c1-14(22(28)27(2)20-6-4-3-5-18(20)25)29-16-8-10-17(11-9-16)30-23-26-19-13-15(24)7-12-21(19)31-23/h3-14H,1-2H3/t14-/m1/s1. The smallest absolute Gasteiger partial charge is 0.400 e. The van der Waals surface area contributed by atoms with Gasteiger partial charge in [-0.2, -0.15) is 4.98 Å². The Morgan fingerprint density at radius 1 is 1.10 bits per heavy atom. The first kappa shape index (κ1) is 20.7. The van der Waals surface area contributed by atoms with E-state index in [1.54, 1.807) is 61.5 Å². The zero-order valence-corrected chi connectivity index (χ0v) is 17.5. The summed E-state index contributed by atoms with van der Waals surface area (Å²) < 4.78 is 30.8. The first-order chi connectivity index (χ1) is 14.9. The fourth-order valence-corrected chi connectivity index (χ4v) is 3.15. The number of halogens is 2. The number of anilines is 1. The Morgan fingerprint density at radius 2 is 1.81 bits per heavy atom. The van der Waals surface area contributed by atoms with Crippen molar-refractivity contribution in [3.8, 4) is 17.6 Å². The summed E-state index contributed by atoms with van der Waals surface area (Å²) in [6.45, 7) is 1.60. The zero-order chi connectivity index (χ0) is 22.0. The van der Waals surface area contributed by atoms with Crippen LogP contribution < -0.4 is 14.4 Å². The van der Waals surface area contributed by atoms with Crippen molar-refractivity contribution in [1.82, 2.24) is 4.98 Å². The summed E-state index contributed by atoms with van der Waals surface area (Å²) in [5.74, 6) is 0.0796. The van der Waals surface area contributed by atoms with Crippen LogP contribution >= 0.6 is 11.6 Å². The Hall–Kier alpha value is -3.58. The molecule has 1 atom stereocenters. The second-order valence-electron chi connectivity index (χ2n) is 6.77. The number of amides is 1. The largest absolute Gasteiger partial charge is 0.481 e. The number of rotatable bonds is 6. The molecule has 0 fully saturated rings. The first-order valence-corrected chi connectivity index (χ1v) is 9.81. The molecule has 4 rings (SSSR count). The van der Waals surface area contributed by atoms with Crippen molar-refractivity contribution in [1.29, 1.82) is 0 Å². The summed E-state index contributed by atoms with van der Waals surface area (Å²) in [6.07, 6.45) is -0.737. The molecule has 0 aliphatic heterocycles. The summed E-state index contributed by atoms with van der Waals surface area (Å²) in [5, 5.41) is 0.554. The predicted octanol–water partition coefficient (Wildman–Crippen LogP) is 5.84. The number of hydrogen-bond donors (Lipinski definition) is 0. The van der Waals surface area contributed by atoms with Gasteiger partial charge in [-0.05, 0) is 61.5 Å². The fourth-order valence-electron chi connectivity index (χ4n) is 2.98. The molecular formula is C23H18ClFN2O4. The SMILES string of the molecule is C[C@@H](Oc1ccc(Oc2nc3cc(Cl)ccc3o2)cc1)C(=O)N(C)c1ccccc1F. The minimum Gasteiger partial charge on any atom is -0.481 e. The van der Waals surface area contributed by atoms with Gasteiger partial charge >= 0.3 is 6.08 Å². The van der Waals surface area contributed by atoms with Crippen LogP contribution in [-0.2, 0) is 4.79 Å². The molecule has 0 aliphatic carbocycles. The van der Waals surface area contributed by atoms with E-state index in [9.17, 15) is 9.18 Å². The van der Waals surface area contributed by atoms with E-state index in [1.807, 2.05) is 0 Å². The summed E-state index contributed by atoms with van der Waals surface area (Å²) in [7, 11) is 1.51. The monoisotopic (exact) mass is 440 g/mol. The number of benzene rings is 3. The zero-order valence-electron chi connectivity index (χ0n) is 16.7. The van der Waals surface area contributed by atoms with Gasteiger partial charge < -0.3 is 18.8 Å². The number of nitrogens with zero attached hydrogens (tertiary/aromatic N) is 2. The van der Waals surface area contributed by atoms with Crippen LogP contribution in [0.15, 0.2) is 71.1 Å². The van der Waals surface area contributed by atoms with Crippen molar-refractivity contribution in [2.45, 2.75) is 13.0 Å². The Morgan fingerprint density at radius 3 is 2.55 bits per heavy atom. The van der Waals surface area contributed by atoms with E-state index in [4.69, 9.17) is 25.5 Å². The van der Waals surface area contributed by atoms with Gasteiger partial charge in [0, 0.05) is 12.1 Å². The van der Waals surface area contributed by atoms with Crippen LogP contribution in [0.1, 0.15) is 6.92 Å². The normalized spacial score (nSPS) is 11.9. The quantitative estimate of drug-likeness (QED) is 0.376. The third-order valence-electron chi connectivity index (χ3n) is 4.56. The molecule has 1 heterocycles. The summed E-state index contributed by atoms with van der Waals surface area (Å²) in [5.41, 5.74) is 1.34. The third-order valence-corrected chi connectivity index (χ3v) is 4.80. The molecule has 8 heteroatoms. The maximum Gasteiger partial charge on any atom is 0.400 e. The number of likely N-dealkylation sites (N-methyl/N-ethyl adjacent to an activating group) is 1. The van der Waals surface area contributed by atoms with E-state index in [0.29, 0.717) is 27.6 Å². The van der Waals surface area contributed by atoms with Gasteiger partial charge in [-0.1, -0.05) is 23.7 Å². The highest BCUT2D eigenvalue weighted by atomic mass is 35.5. The van der Waals surface area contributed by atoms with Crippen LogP contribution in [-0.4, -0.2) is 24.0 Å². The average Bonchev–Trinajstić information content (AvgIpc) is 3.15. The predicted molar refractivity (Wildman–Crippen MR) is 115 cm³/mol. The Kier molecular flexibility index (Phi) is 5.77. The van der Waals surface area contributed by atoms with E-state index < -0.39 is 11.9 Å². The molecule has 4 aromatic rings. The number of oxazole rings is 1. The van der Waals surface area contributed by atoms with Gasteiger partial charge in [-0.25, -0.2) is 4.39 Å². The number of aromatic nitrogens is 1. The lowest BCUT2D eigenvalue weighted by Crippen LogP contribution is -2.38. The van der Waals surface area contributed by atoms with Crippen molar-refractivity contribution in [3.63, 3.8) is 0 Å². The Balaban J connectivity index is 1.40. The van der Waals surface area contributed by atoms with Crippen molar-refractivity contribution >= 4 is 34.3 Å². The summed E-state index contributed by atoms with van der Waals surface area (Å²) in [4.78, 5) is 18.1. The number of fused-ring (bicyclic) bond motifs is 1. The number of hydrogen-bond acceptors (Lipinski definition) is 5. The highest BCUT2D eigenvalue weighted by molar-refractivity contribution is 6.31. The Labute approximate surface area is 182 Å². The van der Waals surface area contributed by atoms with Gasteiger partial charge in [-0.3, -0.25) is 4.79 Å². The minimum atomic E-state index is -0.821. The van der Waals surface area contributed by atoms with Crippen LogP contribution in [0.4, 0.5) is 10.1 Å². The molecule has 31 heavy (non-hydrogen) atoms. The van der Waals surface area contributed by atoms with Crippen molar-refractivity contribution < 1.29 is 23.1 Å². The van der Waals surface area contributed by atoms with E-state index in [2.05, 4.69) is 4.98 Å². The average molecular weight is 441 g/mol. The van der Waals surface area contributed by atoms with Crippen LogP contribution in [0.25, 0.3) is 11.1 Å². The lowest BCUT2D eigenvalue weighted by atomic mass is 10.2. The van der Waals surface area contributed by atoms with Crippen molar-refractivity contribution in [2.75, 3.05) is 11.9 Å². The molecule has 158 valence electrons. The highest BCUT2D eigenvalue weighted by Crippen LogP contribution is 2.28. The van der Waals surface area contributed by atoms with Gasteiger partial charge in [0.25, 0.3) is 5.91 Å². The minimum absolute atomic E-state index is 0.0843. The van der Waals surface area contributed by atoms with Crippen LogP contribution in [0.5, 0.6) is 17.6 Å². The summed E-state index contributed by atoms with van der Waals surface area (Å²) in [6, 6.07) is 17.8. The van der Waals surface area contributed by atoms with Crippen molar-refractivity contribution in [2.24, 2.45) is 0 Å². The second-order valence-corrected chi connectivity index (χ2v) is 7.21. The van der Waals surface area contributed by atoms with E-state index in [0.717, 1.165) is 0 Å². The van der Waals surface area contributed by atoms with Gasteiger partial charge in [-0.15, -0.1) is 0 Å². The lowest BCUT2D eigenvalue weighted by Gasteiger charge is -2.22. The molecule has 0 unspecified atom stereocenters. The number of para-hydroxylation sites is 1. The van der Waals surface area contributed by atoms with E-state index in [1.165, 1.54) is 24.1 Å². The molecule has 0 saturated carbocycles. The van der Waals surface area contributed by atoms with E-state index >= 15 is 0 Å². The number of carbonyl (C=O) groups is 1. The molecule has 1 amide bonds. The van der Waals surface area contributed by atoms with Crippen LogP contribution in [0.3, 0.4) is 0 Å². The van der Waals surface area contributed by atoms with Crippen LogP contribution in [0.2, 0.25) is 5.02 Å². The van der Waals surface area contributed by atoms with Crippen LogP contribution in [0, 0.1) is 5.82 Å². The third kappa shape index (κ3) is 4.62. The fraction of sp³-hybridized carbons (Fsp3) is 0.130. The molecule has 3 aromatic carbocycles. The lowest BCUT2D eigenvalue weighted by molar-refractivity contribution is -0.124. The Bertz CT molecular complexity index is 1230. The van der Waals surface area contributed by atoms with Crippen molar-refractivity contribution in [3.05, 3.63) is 77.6 Å². The molecule has 0 N–H and O–H groups in total. The molecular weight excluding hydrogens is 423 g/mol. The highest BCUT2D eigenvalue weighted by Gasteiger charge is 2.22. The molecule has 1 aromatic heterocycles. The molecule has 0 aliphatic rings. The van der Waals surface area contributed by atoms with Gasteiger partial charge in [0.2, 0.25) is 0 Å². The van der Waals surface area contributed by atoms with Gasteiger partial charge in [0.15, 0.2) is 11.7 Å². The molecule has 0 radical (unpaired) electrons. The second kappa shape index (κ2) is 8.65. The molecule has 0 saturated heterocycles. The summed E-state index contributed by atoms with van der Waals surface area (Å²) >= 11 is 5.95. The number of carbonyl (C=O) groups excluding carboxylic acids is 1. The molecule has 0 spiro atoms.